The van der Waals surface area contributed by atoms with Gasteiger partial charge in [-0.1, -0.05) is 0 Å². The molecule has 1 aromatic rings. The summed E-state index contributed by atoms with van der Waals surface area (Å²) in [5.41, 5.74) is 0.494. The zero-order chi connectivity index (χ0) is 14.8. The number of amides is 1. The van der Waals surface area contributed by atoms with Crippen molar-refractivity contribution in [2.75, 3.05) is 25.0 Å². The average Bonchev–Trinajstić information content (AvgIpc) is 2.71. The zero-order valence-corrected chi connectivity index (χ0v) is 12.2. The minimum Gasteiger partial charge on any atom is -0.480 e. The number of thiazole rings is 1. The number of nitrogens with one attached hydrogen (secondary N) is 1. The first kappa shape index (κ1) is 14.9. The second-order valence-electron chi connectivity index (χ2n) is 5.10. The van der Waals surface area contributed by atoms with Gasteiger partial charge in [-0.2, -0.15) is 0 Å². The van der Waals surface area contributed by atoms with Crippen molar-refractivity contribution in [3.63, 3.8) is 0 Å². The van der Waals surface area contributed by atoms with E-state index in [1.165, 1.54) is 18.3 Å². The van der Waals surface area contributed by atoms with Gasteiger partial charge in [-0.15, -0.1) is 11.3 Å². The molecule has 2 heterocycles. The third kappa shape index (κ3) is 3.99. The molecule has 1 aliphatic rings. The van der Waals surface area contributed by atoms with Crippen molar-refractivity contribution < 1.29 is 19.4 Å². The Balaban J connectivity index is 1.78. The molecule has 1 aliphatic heterocycles. The van der Waals surface area contributed by atoms with Crippen LogP contribution in [0.4, 0.5) is 5.13 Å². The molecule has 1 fully saturated rings. The molecule has 1 saturated heterocycles. The van der Waals surface area contributed by atoms with Gasteiger partial charge in [0.1, 0.15) is 6.61 Å². The Morgan fingerprint density at radius 2 is 2.30 bits per heavy atom. The van der Waals surface area contributed by atoms with Crippen molar-refractivity contribution in [1.29, 1.82) is 0 Å². The fourth-order valence-electron chi connectivity index (χ4n) is 2.16. The Labute approximate surface area is 120 Å². The summed E-state index contributed by atoms with van der Waals surface area (Å²) >= 11 is 1.39. The number of rotatable bonds is 6. The normalized spacial score (nSPS) is 17.5. The van der Waals surface area contributed by atoms with Crippen LogP contribution in [0.25, 0.3) is 0 Å². The molecule has 0 aliphatic carbocycles. The van der Waals surface area contributed by atoms with E-state index in [0.29, 0.717) is 24.8 Å². The van der Waals surface area contributed by atoms with Crippen molar-refractivity contribution >= 4 is 28.3 Å². The molecule has 7 nitrogen and oxygen atoms in total. The fraction of sp³-hybridized carbons (Fsp3) is 0.583. The maximum absolute atomic E-state index is 10.9. The van der Waals surface area contributed by atoms with Gasteiger partial charge < -0.3 is 15.2 Å². The van der Waals surface area contributed by atoms with Crippen LogP contribution in [-0.2, 0) is 20.9 Å². The molecule has 0 radical (unpaired) electrons. The minimum absolute atomic E-state index is 0.135. The molecule has 2 rings (SSSR count). The predicted molar refractivity (Wildman–Crippen MR) is 73.7 cm³/mol. The van der Waals surface area contributed by atoms with E-state index in [1.54, 1.807) is 0 Å². The quantitative estimate of drug-likeness (QED) is 0.806. The van der Waals surface area contributed by atoms with E-state index < -0.39 is 11.6 Å². The second-order valence-corrected chi connectivity index (χ2v) is 5.96. The summed E-state index contributed by atoms with van der Waals surface area (Å²) in [6, 6.07) is 0. The predicted octanol–water partition coefficient (Wildman–Crippen LogP) is 0.777. The van der Waals surface area contributed by atoms with Crippen molar-refractivity contribution in [2.45, 2.75) is 26.0 Å². The number of carbonyl (C=O) groups excluding carboxylic acids is 1. The first-order chi connectivity index (χ1) is 9.36. The SMILES string of the molecule is CC(=O)Nc1nc(CN2CC(C)(OCC(=O)O)C2)cs1. The van der Waals surface area contributed by atoms with Crippen LogP contribution in [-0.4, -0.2) is 52.2 Å². The number of hydrogen-bond acceptors (Lipinski definition) is 6. The Hall–Kier alpha value is -1.51. The van der Waals surface area contributed by atoms with Crippen LogP contribution in [0.3, 0.4) is 0 Å². The summed E-state index contributed by atoms with van der Waals surface area (Å²) in [4.78, 5) is 27.8. The van der Waals surface area contributed by atoms with E-state index in [0.717, 1.165) is 5.69 Å². The third-order valence-corrected chi connectivity index (χ3v) is 3.69. The van der Waals surface area contributed by atoms with E-state index in [1.807, 2.05) is 12.3 Å². The summed E-state index contributed by atoms with van der Waals surface area (Å²) in [7, 11) is 0. The molecule has 0 aromatic carbocycles. The highest BCUT2D eigenvalue weighted by molar-refractivity contribution is 7.13. The summed E-state index contributed by atoms with van der Waals surface area (Å²) in [5, 5.41) is 13.7. The molecular weight excluding hydrogens is 282 g/mol. The van der Waals surface area contributed by atoms with Crippen LogP contribution >= 0.6 is 11.3 Å². The van der Waals surface area contributed by atoms with E-state index in [2.05, 4.69) is 15.2 Å². The van der Waals surface area contributed by atoms with Crippen molar-refractivity contribution in [3.8, 4) is 0 Å². The van der Waals surface area contributed by atoms with Crippen LogP contribution in [0.15, 0.2) is 5.38 Å². The van der Waals surface area contributed by atoms with Crippen LogP contribution < -0.4 is 5.32 Å². The maximum atomic E-state index is 10.9. The molecule has 2 N–H and O–H groups in total. The van der Waals surface area contributed by atoms with Crippen LogP contribution in [0.2, 0.25) is 0 Å². The Morgan fingerprint density at radius 1 is 1.60 bits per heavy atom. The van der Waals surface area contributed by atoms with Crippen molar-refractivity contribution in [2.24, 2.45) is 0 Å². The summed E-state index contributed by atoms with van der Waals surface area (Å²) in [6.45, 7) is 5.09. The van der Waals surface area contributed by atoms with Gasteiger partial charge >= 0.3 is 5.97 Å². The summed E-state index contributed by atoms with van der Waals surface area (Å²) < 4.78 is 5.34. The molecular formula is C12H17N3O4S. The van der Waals surface area contributed by atoms with Gasteiger partial charge in [0.2, 0.25) is 5.91 Å². The van der Waals surface area contributed by atoms with E-state index in [-0.39, 0.29) is 12.5 Å². The molecule has 8 heteroatoms. The number of likely N-dealkylation sites (tertiary alicyclic amines) is 1. The summed E-state index contributed by atoms with van der Waals surface area (Å²) in [5.74, 6) is -1.09. The van der Waals surface area contributed by atoms with Gasteiger partial charge in [0.15, 0.2) is 5.13 Å². The highest BCUT2D eigenvalue weighted by Crippen LogP contribution is 2.27. The number of carboxylic acids is 1. The van der Waals surface area contributed by atoms with Gasteiger partial charge in [0, 0.05) is 31.9 Å². The van der Waals surface area contributed by atoms with Gasteiger partial charge in [0.25, 0.3) is 0 Å². The average molecular weight is 299 g/mol. The Bertz CT molecular complexity index is 511. The number of nitrogens with zero attached hydrogens (tertiary/aromatic N) is 2. The number of ether oxygens (including phenoxy) is 1. The van der Waals surface area contributed by atoms with E-state index >= 15 is 0 Å². The molecule has 110 valence electrons. The van der Waals surface area contributed by atoms with Crippen molar-refractivity contribution in [1.82, 2.24) is 9.88 Å². The number of anilines is 1. The molecule has 20 heavy (non-hydrogen) atoms. The first-order valence-corrected chi connectivity index (χ1v) is 7.04. The molecule has 0 saturated carbocycles. The fourth-order valence-corrected chi connectivity index (χ4v) is 2.90. The van der Waals surface area contributed by atoms with E-state index in [9.17, 15) is 9.59 Å². The Kier molecular flexibility index (Phi) is 4.36. The number of carbonyl (C=O) groups is 2. The zero-order valence-electron chi connectivity index (χ0n) is 11.4. The largest absolute Gasteiger partial charge is 0.480 e. The molecule has 0 unspecified atom stereocenters. The molecule has 0 spiro atoms. The van der Waals surface area contributed by atoms with Gasteiger partial charge in [-0.3, -0.25) is 9.69 Å². The topological polar surface area (TPSA) is 91.8 Å². The highest BCUT2D eigenvalue weighted by atomic mass is 32.1. The second kappa shape index (κ2) is 5.86. The van der Waals surface area contributed by atoms with Crippen LogP contribution in [0.5, 0.6) is 0 Å². The lowest BCUT2D eigenvalue weighted by Gasteiger charge is -2.47. The molecule has 1 aromatic heterocycles. The molecule has 0 atom stereocenters. The number of hydrogen-bond donors (Lipinski definition) is 2. The summed E-state index contributed by atoms with van der Waals surface area (Å²) in [6.07, 6.45) is 0. The monoisotopic (exact) mass is 299 g/mol. The lowest BCUT2D eigenvalue weighted by molar-refractivity contribution is -0.165. The van der Waals surface area contributed by atoms with Gasteiger partial charge in [0.05, 0.1) is 11.3 Å². The third-order valence-electron chi connectivity index (χ3n) is 2.88. The lowest BCUT2D eigenvalue weighted by atomic mass is 9.96. The van der Waals surface area contributed by atoms with Gasteiger partial charge in [-0.05, 0) is 6.92 Å². The standard InChI is InChI=1S/C12H17N3O4S/c1-8(16)13-11-14-9(5-20-11)3-15-6-12(2,7-15)19-4-10(17)18/h5H,3-4,6-7H2,1-2H3,(H,17,18)(H,13,14,16). The number of carboxylic acid groups (broad SMARTS) is 1. The maximum Gasteiger partial charge on any atom is 0.329 e. The lowest BCUT2D eigenvalue weighted by Crippen LogP contribution is -2.61. The van der Waals surface area contributed by atoms with Crippen LogP contribution in [0, 0.1) is 0 Å². The highest BCUT2D eigenvalue weighted by Gasteiger charge is 2.40. The number of aliphatic carboxylic acids is 1. The van der Waals surface area contributed by atoms with Crippen LogP contribution in [0.1, 0.15) is 19.5 Å². The van der Waals surface area contributed by atoms with Gasteiger partial charge in [-0.25, -0.2) is 9.78 Å². The number of aromatic nitrogens is 1. The molecule has 1 amide bonds. The first-order valence-electron chi connectivity index (χ1n) is 6.16. The smallest absolute Gasteiger partial charge is 0.329 e. The minimum atomic E-state index is -0.955. The van der Waals surface area contributed by atoms with Crippen molar-refractivity contribution in [3.05, 3.63) is 11.1 Å². The van der Waals surface area contributed by atoms with E-state index in [4.69, 9.17) is 9.84 Å². The Morgan fingerprint density at radius 3 is 2.90 bits per heavy atom. The molecule has 0 bridgehead atoms.